The summed E-state index contributed by atoms with van der Waals surface area (Å²) in [5.74, 6) is 0.555. The summed E-state index contributed by atoms with van der Waals surface area (Å²) < 4.78 is 6.26. The topological polar surface area (TPSA) is 38.3 Å². The van der Waals surface area contributed by atoms with E-state index in [1.807, 2.05) is 30.3 Å². The van der Waals surface area contributed by atoms with Crippen LogP contribution in [0.3, 0.4) is 0 Å². The number of carbonyl (C=O) groups is 1. The maximum absolute atomic E-state index is 11.9. The van der Waals surface area contributed by atoms with Crippen molar-refractivity contribution in [2.24, 2.45) is 0 Å². The Balaban J connectivity index is 1.79. The predicted molar refractivity (Wildman–Crippen MR) is 83.4 cm³/mol. The predicted octanol–water partition coefficient (Wildman–Crippen LogP) is 3.91. The lowest BCUT2D eigenvalue weighted by molar-refractivity contribution is 0.0946. The minimum absolute atomic E-state index is 0.132. The highest BCUT2D eigenvalue weighted by atomic mass is 79.9. The summed E-state index contributed by atoms with van der Waals surface area (Å²) in [4.78, 5) is 11.9. The molecule has 104 valence electrons. The zero-order valence-electron chi connectivity index (χ0n) is 10.6. The molecule has 0 saturated carbocycles. The van der Waals surface area contributed by atoms with Gasteiger partial charge in [0.2, 0.25) is 0 Å². The molecule has 2 aromatic carbocycles. The van der Waals surface area contributed by atoms with E-state index in [9.17, 15) is 4.79 Å². The molecular formula is C15H13BrClNO2. The Kier molecular flexibility index (Phi) is 5.44. The first-order valence-electron chi connectivity index (χ1n) is 6.08. The van der Waals surface area contributed by atoms with Crippen molar-refractivity contribution in [1.29, 1.82) is 0 Å². The van der Waals surface area contributed by atoms with Crippen molar-refractivity contribution in [2.75, 3.05) is 13.2 Å². The Hall–Kier alpha value is -1.52. The summed E-state index contributed by atoms with van der Waals surface area (Å²) in [6, 6.07) is 14.4. The molecule has 0 saturated heterocycles. The van der Waals surface area contributed by atoms with Gasteiger partial charge >= 0.3 is 0 Å². The average Bonchev–Trinajstić information content (AvgIpc) is 2.44. The summed E-state index contributed by atoms with van der Waals surface area (Å²) in [6.07, 6.45) is 0. The van der Waals surface area contributed by atoms with Crippen LogP contribution in [-0.4, -0.2) is 19.1 Å². The molecule has 0 heterocycles. The van der Waals surface area contributed by atoms with Gasteiger partial charge in [0.1, 0.15) is 12.4 Å². The van der Waals surface area contributed by atoms with E-state index >= 15 is 0 Å². The van der Waals surface area contributed by atoms with E-state index in [2.05, 4.69) is 21.2 Å². The summed E-state index contributed by atoms with van der Waals surface area (Å²) in [5, 5.41) is 3.42. The standard InChI is InChI=1S/C15H13BrClNO2/c16-14-7-2-1-6-13(14)15(19)18-8-9-20-12-5-3-4-11(17)10-12/h1-7,10H,8-9H2,(H,18,19). The van der Waals surface area contributed by atoms with Gasteiger partial charge in [-0.3, -0.25) is 4.79 Å². The third kappa shape index (κ3) is 4.25. The smallest absolute Gasteiger partial charge is 0.252 e. The van der Waals surface area contributed by atoms with Crippen LogP contribution in [0.25, 0.3) is 0 Å². The molecule has 2 rings (SSSR count). The summed E-state index contributed by atoms with van der Waals surface area (Å²) >= 11 is 9.19. The minimum Gasteiger partial charge on any atom is -0.492 e. The molecule has 3 nitrogen and oxygen atoms in total. The second-order valence-corrected chi connectivity index (χ2v) is 5.33. The van der Waals surface area contributed by atoms with Crippen molar-refractivity contribution in [1.82, 2.24) is 5.32 Å². The molecule has 2 aromatic rings. The van der Waals surface area contributed by atoms with Crippen LogP contribution in [0.4, 0.5) is 0 Å². The zero-order valence-corrected chi connectivity index (χ0v) is 12.9. The van der Waals surface area contributed by atoms with Crippen molar-refractivity contribution < 1.29 is 9.53 Å². The molecule has 20 heavy (non-hydrogen) atoms. The third-order valence-electron chi connectivity index (χ3n) is 2.57. The van der Waals surface area contributed by atoms with Gasteiger partial charge in [0, 0.05) is 9.50 Å². The number of ether oxygens (including phenoxy) is 1. The SMILES string of the molecule is O=C(NCCOc1cccc(Cl)c1)c1ccccc1Br. The second-order valence-electron chi connectivity index (χ2n) is 4.04. The molecule has 1 amide bonds. The van der Waals surface area contributed by atoms with Crippen molar-refractivity contribution in [3.8, 4) is 5.75 Å². The van der Waals surface area contributed by atoms with Crippen LogP contribution in [0.15, 0.2) is 53.0 Å². The number of nitrogens with one attached hydrogen (secondary N) is 1. The Bertz CT molecular complexity index is 604. The molecule has 0 aliphatic carbocycles. The average molecular weight is 355 g/mol. The normalized spacial score (nSPS) is 10.1. The maximum atomic E-state index is 11.9. The molecule has 0 radical (unpaired) electrons. The largest absolute Gasteiger partial charge is 0.492 e. The van der Waals surface area contributed by atoms with E-state index in [-0.39, 0.29) is 5.91 Å². The molecule has 0 aromatic heterocycles. The highest BCUT2D eigenvalue weighted by Gasteiger charge is 2.07. The Labute approximate surface area is 131 Å². The van der Waals surface area contributed by atoms with Gasteiger partial charge in [-0.1, -0.05) is 29.8 Å². The van der Waals surface area contributed by atoms with E-state index in [0.717, 1.165) is 4.47 Å². The molecule has 0 unspecified atom stereocenters. The fourth-order valence-electron chi connectivity index (χ4n) is 1.63. The van der Waals surface area contributed by atoms with Crippen LogP contribution in [0, 0.1) is 0 Å². The number of carbonyl (C=O) groups excluding carboxylic acids is 1. The number of halogens is 2. The van der Waals surface area contributed by atoms with Crippen LogP contribution >= 0.6 is 27.5 Å². The number of amides is 1. The molecule has 0 bridgehead atoms. The zero-order chi connectivity index (χ0) is 14.4. The Morgan fingerprint density at radius 3 is 2.75 bits per heavy atom. The van der Waals surface area contributed by atoms with Gasteiger partial charge in [-0.15, -0.1) is 0 Å². The lowest BCUT2D eigenvalue weighted by atomic mass is 10.2. The van der Waals surface area contributed by atoms with Crippen LogP contribution in [0.1, 0.15) is 10.4 Å². The number of rotatable bonds is 5. The second kappa shape index (κ2) is 7.31. The first-order valence-corrected chi connectivity index (χ1v) is 7.25. The monoisotopic (exact) mass is 353 g/mol. The van der Waals surface area contributed by atoms with Crippen molar-refractivity contribution >= 4 is 33.4 Å². The lowest BCUT2D eigenvalue weighted by Crippen LogP contribution is -2.28. The van der Waals surface area contributed by atoms with Crippen LogP contribution in [-0.2, 0) is 0 Å². The lowest BCUT2D eigenvalue weighted by Gasteiger charge is -2.08. The molecule has 5 heteroatoms. The molecule has 0 spiro atoms. The van der Waals surface area contributed by atoms with E-state index < -0.39 is 0 Å². The van der Waals surface area contributed by atoms with Crippen molar-refractivity contribution in [3.05, 3.63) is 63.6 Å². The molecule has 1 N–H and O–H groups in total. The van der Waals surface area contributed by atoms with Gasteiger partial charge in [0.05, 0.1) is 12.1 Å². The van der Waals surface area contributed by atoms with Crippen LogP contribution < -0.4 is 10.1 Å². The van der Waals surface area contributed by atoms with Crippen molar-refractivity contribution in [3.63, 3.8) is 0 Å². The number of hydrogen-bond donors (Lipinski definition) is 1. The first kappa shape index (κ1) is 14.9. The third-order valence-corrected chi connectivity index (χ3v) is 3.50. The molecule has 0 aliphatic heterocycles. The van der Waals surface area contributed by atoms with Gasteiger partial charge in [-0.25, -0.2) is 0 Å². The fraction of sp³-hybridized carbons (Fsp3) is 0.133. The molecule has 0 fully saturated rings. The minimum atomic E-state index is -0.132. The van der Waals surface area contributed by atoms with Gasteiger partial charge in [0.25, 0.3) is 5.91 Å². The first-order chi connectivity index (χ1) is 9.66. The highest BCUT2D eigenvalue weighted by molar-refractivity contribution is 9.10. The quantitative estimate of drug-likeness (QED) is 0.827. The van der Waals surface area contributed by atoms with E-state index in [4.69, 9.17) is 16.3 Å². The Morgan fingerprint density at radius 1 is 1.20 bits per heavy atom. The molecule has 0 atom stereocenters. The summed E-state index contributed by atoms with van der Waals surface area (Å²) in [6.45, 7) is 0.809. The van der Waals surface area contributed by atoms with Gasteiger partial charge in [0.15, 0.2) is 0 Å². The number of benzene rings is 2. The molecular weight excluding hydrogens is 342 g/mol. The Morgan fingerprint density at radius 2 is 2.00 bits per heavy atom. The fourth-order valence-corrected chi connectivity index (χ4v) is 2.28. The van der Waals surface area contributed by atoms with Crippen LogP contribution in [0.2, 0.25) is 5.02 Å². The maximum Gasteiger partial charge on any atom is 0.252 e. The van der Waals surface area contributed by atoms with Crippen molar-refractivity contribution in [2.45, 2.75) is 0 Å². The molecule has 0 aliphatic rings. The van der Waals surface area contributed by atoms with Gasteiger partial charge < -0.3 is 10.1 Å². The van der Waals surface area contributed by atoms with E-state index in [0.29, 0.717) is 29.5 Å². The summed E-state index contributed by atoms with van der Waals surface area (Å²) in [5.41, 5.74) is 0.607. The highest BCUT2D eigenvalue weighted by Crippen LogP contribution is 2.17. The van der Waals surface area contributed by atoms with E-state index in [1.165, 1.54) is 0 Å². The van der Waals surface area contributed by atoms with E-state index in [1.54, 1.807) is 18.2 Å². The summed E-state index contributed by atoms with van der Waals surface area (Å²) in [7, 11) is 0. The van der Waals surface area contributed by atoms with Gasteiger partial charge in [-0.2, -0.15) is 0 Å². The van der Waals surface area contributed by atoms with Gasteiger partial charge in [-0.05, 0) is 46.3 Å². The number of hydrogen-bond acceptors (Lipinski definition) is 2. The van der Waals surface area contributed by atoms with Crippen LogP contribution in [0.5, 0.6) is 5.75 Å².